The second-order valence-electron chi connectivity index (χ2n) is 8.26. The summed E-state index contributed by atoms with van der Waals surface area (Å²) in [5, 5.41) is 7.49. The van der Waals surface area contributed by atoms with Crippen LogP contribution in [0.1, 0.15) is 31.4 Å². The molecular formula is C24H25N7O2. The van der Waals surface area contributed by atoms with Gasteiger partial charge in [0.25, 0.3) is 5.56 Å². The van der Waals surface area contributed by atoms with Crippen molar-refractivity contribution in [2.45, 2.75) is 38.6 Å². The molecule has 9 nitrogen and oxygen atoms in total. The zero-order valence-corrected chi connectivity index (χ0v) is 18.6. The normalized spacial score (nSPS) is 13.9. The summed E-state index contributed by atoms with van der Waals surface area (Å²) in [4.78, 5) is 28.9. The van der Waals surface area contributed by atoms with Crippen molar-refractivity contribution in [3.05, 3.63) is 65.1 Å². The molecule has 1 aliphatic carbocycles. The number of hydrogen-bond donors (Lipinski definition) is 2. The second-order valence-corrected chi connectivity index (χ2v) is 8.26. The third-order valence-electron chi connectivity index (χ3n) is 5.77. The van der Waals surface area contributed by atoms with Gasteiger partial charge in [0.15, 0.2) is 0 Å². The number of H-pyrrole nitrogens is 1. The van der Waals surface area contributed by atoms with Crippen molar-refractivity contribution in [2.75, 3.05) is 5.32 Å². The maximum absolute atomic E-state index is 12.7. The molecule has 1 saturated carbocycles. The Kier molecular flexibility index (Phi) is 5.60. The molecule has 4 heterocycles. The van der Waals surface area contributed by atoms with Crippen LogP contribution >= 0.6 is 0 Å². The van der Waals surface area contributed by atoms with Gasteiger partial charge in [0.1, 0.15) is 11.5 Å². The lowest BCUT2D eigenvalue weighted by molar-refractivity contribution is 0.475. The first-order chi connectivity index (χ1) is 16.0. The van der Waals surface area contributed by atoms with Gasteiger partial charge in [-0.1, -0.05) is 12.8 Å². The van der Waals surface area contributed by atoms with Gasteiger partial charge in [-0.3, -0.25) is 19.4 Å². The van der Waals surface area contributed by atoms with Crippen molar-refractivity contribution in [3.8, 4) is 34.0 Å². The van der Waals surface area contributed by atoms with Crippen LogP contribution < -0.4 is 15.6 Å². The minimum Gasteiger partial charge on any atom is -0.455 e. The lowest BCUT2D eigenvalue weighted by Crippen LogP contribution is -2.20. The Morgan fingerprint density at radius 3 is 2.70 bits per heavy atom. The van der Waals surface area contributed by atoms with Crippen LogP contribution in [0, 0.1) is 6.92 Å². The molecule has 4 aromatic heterocycles. The molecule has 5 rings (SSSR count). The highest BCUT2D eigenvalue weighted by Gasteiger charge is 2.16. The SMILES string of the molecule is Cc1nc(-c2cnc(NC3CCCC3)[nH]c2=O)ccc1Oc1ccnc(-c2cnn(C)c2)c1. The van der Waals surface area contributed by atoms with Crippen LogP contribution in [0.4, 0.5) is 5.95 Å². The fourth-order valence-corrected chi connectivity index (χ4v) is 4.03. The monoisotopic (exact) mass is 443 g/mol. The molecule has 2 N–H and O–H groups in total. The van der Waals surface area contributed by atoms with Crippen LogP contribution in [0.15, 0.2) is 53.8 Å². The molecule has 1 fully saturated rings. The van der Waals surface area contributed by atoms with Crippen molar-refractivity contribution in [2.24, 2.45) is 7.05 Å². The number of nitrogens with zero attached hydrogens (tertiary/aromatic N) is 5. The minimum atomic E-state index is -0.221. The maximum Gasteiger partial charge on any atom is 0.261 e. The topological polar surface area (TPSA) is 111 Å². The zero-order valence-electron chi connectivity index (χ0n) is 18.6. The number of anilines is 1. The van der Waals surface area contributed by atoms with Crippen molar-refractivity contribution in [3.63, 3.8) is 0 Å². The van der Waals surface area contributed by atoms with E-state index < -0.39 is 0 Å². The van der Waals surface area contributed by atoms with E-state index in [1.807, 2.05) is 32.3 Å². The summed E-state index contributed by atoms with van der Waals surface area (Å²) in [6, 6.07) is 7.60. The minimum absolute atomic E-state index is 0.221. The van der Waals surface area contributed by atoms with Crippen LogP contribution in [0.3, 0.4) is 0 Å². The Morgan fingerprint density at radius 2 is 1.97 bits per heavy atom. The molecule has 0 aromatic carbocycles. The third kappa shape index (κ3) is 4.62. The average Bonchev–Trinajstić information content (AvgIpc) is 3.47. The maximum atomic E-state index is 12.7. The number of nitrogens with one attached hydrogen (secondary N) is 2. The lowest BCUT2D eigenvalue weighted by Gasteiger charge is -2.12. The Morgan fingerprint density at radius 1 is 1.12 bits per heavy atom. The first-order valence-electron chi connectivity index (χ1n) is 11.0. The largest absolute Gasteiger partial charge is 0.455 e. The predicted octanol–water partition coefficient (Wildman–Crippen LogP) is 4.08. The van der Waals surface area contributed by atoms with E-state index in [1.165, 1.54) is 12.8 Å². The van der Waals surface area contributed by atoms with E-state index in [9.17, 15) is 4.79 Å². The molecule has 168 valence electrons. The van der Waals surface area contributed by atoms with Crippen LogP contribution in [-0.4, -0.2) is 35.8 Å². The molecule has 1 aliphatic rings. The summed E-state index contributed by atoms with van der Waals surface area (Å²) < 4.78 is 7.78. The number of pyridine rings is 2. The number of hydrogen-bond acceptors (Lipinski definition) is 7. The molecule has 0 atom stereocenters. The van der Waals surface area contributed by atoms with E-state index in [-0.39, 0.29) is 5.56 Å². The van der Waals surface area contributed by atoms with E-state index >= 15 is 0 Å². The molecule has 4 aromatic rings. The number of ether oxygens (including phenoxy) is 1. The Balaban J connectivity index is 1.34. The predicted molar refractivity (Wildman–Crippen MR) is 125 cm³/mol. The first-order valence-corrected chi connectivity index (χ1v) is 11.0. The Bertz CT molecular complexity index is 1340. The summed E-state index contributed by atoms with van der Waals surface area (Å²) in [5.74, 6) is 1.75. The highest BCUT2D eigenvalue weighted by atomic mass is 16.5. The molecule has 0 amide bonds. The summed E-state index contributed by atoms with van der Waals surface area (Å²) in [6.45, 7) is 1.85. The zero-order chi connectivity index (χ0) is 22.8. The summed E-state index contributed by atoms with van der Waals surface area (Å²) >= 11 is 0. The van der Waals surface area contributed by atoms with Crippen LogP contribution in [0.25, 0.3) is 22.5 Å². The van der Waals surface area contributed by atoms with Crippen LogP contribution in [0.2, 0.25) is 0 Å². The first kappa shape index (κ1) is 20.9. The summed E-state index contributed by atoms with van der Waals surface area (Å²) in [5.41, 5.74) is 3.09. The van der Waals surface area contributed by atoms with E-state index in [2.05, 4.69) is 30.4 Å². The molecular weight excluding hydrogens is 418 g/mol. The molecule has 0 radical (unpaired) electrons. The van der Waals surface area contributed by atoms with Crippen molar-refractivity contribution >= 4 is 5.95 Å². The van der Waals surface area contributed by atoms with Gasteiger partial charge in [-0.25, -0.2) is 9.97 Å². The van der Waals surface area contributed by atoms with E-state index in [4.69, 9.17) is 4.74 Å². The Hall–Kier alpha value is -4.01. The number of aryl methyl sites for hydroxylation is 2. The van der Waals surface area contributed by atoms with Gasteiger partial charge in [-0.05, 0) is 38.0 Å². The van der Waals surface area contributed by atoms with Gasteiger partial charge in [0.2, 0.25) is 5.95 Å². The van der Waals surface area contributed by atoms with Gasteiger partial charge in [-0.15, -0.1) is 0 Å². The fourth-order valence-electron chi connectivity index (χ4n) is 4.03. The van der Waals surface area contributed by atoms with E-state index in [0.29, 0.717) is 40.4 Å². The van der Waals surface area contributed by atoms with Crippen molar-refractivity contribution in [1.29, 1.82) is 0 Å². The molecule has 0 bridgehead atoms. The molecule has 0 unspecified atom stereocenters. The molecule has 0 spiro atoms. The molecule has 9 heteroatoms. The number of rotatable bonds is 6. The molecule has 0 aliphatic heterocycles. The highest BCUT2D eigenvalue weighted by molar-refractivity contribution is 5.60. The number of aromatic amines is 1. The smallest absolute Gasteiger partial charge is 0.261 e. The Labute approximate surface area is 190 Å². The van der Waals surface area contributed by atoms with Crippen molar-refractivity contribution < 1.29 is 4.74 Å². The standard InChI is InChI=1S/C24H25N7O2/c1-15-22(33-18-9-10-25-21(11-18)16-12-27-31(2)14-16)8-7-20(28-15)19-13-26-24(30-23(19)32)29-17-5-3-4-6-17/h7-14,17H,3-6H2,1-2H3,(H2,26,29,30,32). The highest BCUT2D eigenvalue weighted by Crippen LogP contribution is 2.28. The van der Waals surface area contributed by atoms with Gasteiger partial charge in [0, 0.05) is 43.3 Å². The summed E-state index contributed by atoms with van der Waals surface area (Å²) in [7, 11) is 1.86. The lowest BCUT2D eigenvalue weighted by atomic mass is 10.2. The second kappa shape index (κ2) is 8.85. The van der Waals surface area contributed by atoms with Gasteiger partial charge in [0.05, 0.1) is 28.8 Å². The van der Waals surface area contributed by atoms with E-state index in [0.717, 1.165) is 24.1 Å². The molecule has 33 heavy (non-hydrogen) atoms. The van der Waals surface area contributed by atoms with Crippen molar-refractivity contribution in [1.82, 2.24) is 29.7 Å². The number of aromatic nitrogens is 6. The fraction of sp³-hybridized carbons (Fsp3) is 0.292. The van der Waals surface area contributed by atoms with Crippen LogP contribution in [-0.2, 0) is 7.05 Å². The van der Waals surface area contributed by atoms with Gasteiger partial charge >= 0.3 is 0 Å². The summed E-state index contributed by atoms with van der Waals surface area (Å²) in [6.07, 6.45) is 11.6. The van der Waals surface area contributed by atoms with Gasteiger partial charge < -0.3 is 10.1 Å². The third-order valence-corrected chi connectivity index (χ3v) is 5.77. The molecule has 0 saturated heterocycles. The van der Waals surface area contributed by atoms with E-state index in [1.54, 1.807) is 35.4 Å². The average molecular weight is 444 g/mol. The quantitative estimate of drug-likeness (QED) is 0.462. The van der Waals surface area contributed by atoms with Crippen LogP contribution in [0.5, 0.6) is 11.5 Å². The van der Waals surface area contributed by atoms with Gasteiger partial charge in [-0.2, -0.15) is 5.10 Å².